The van der Waals surface area contributed by atoms with E-state index in [1.165, 1.54) is 0 Å². The molecule has 2 fully saturated rings. The fraction of sp³-hybridized carbons (Fsp3) is 0.889. The highest BCUT2D eigenvalue weighted by molar-refractivity contribution is 14.1. The normalized spacial score (nSPS) is 28.0. The highest BCUT2D eigenvalue weighted by Crippen LogP contribution is 2.32. The summed E-state index contributed by atoms with van der Waals surface area (Å²) in [5.74, 6) is -2.39. The van der Waals surface area contributed by atoms with Crippen molar-refractivity contribution in [1.29, 1.82) is 0 Å². The summed E-state index contributed by atoms with van der Waals surface area (Å²) in [7, 11) is 0. The number of hydrogen-bond donors (Lipinski definition) is 0. The number of ether oxygens (including phenoxy) is 6. The molecule has 0 saturated carbocycles. The Bertz CT molecular complexity index is 528. The molecule has 0 aromatic carbocycles. The van der Waals surface area contributed by atoms with Gasteiger partial charge in [-0.25, -0.2) is 0 Å². The Morgan fingerprint density at radius 2 is 1.56 bits per heavy atom. The van der Waals surface area contributed by atoms with Gasteiger partial charge in [-0.1, -0.05) is 22.6 Å². The third-order valence-electron chi connectivity index (χ3n) is 4.09. The third kappa shape index (κ3) is 6.81. The van der Waals surface area contributed by atoms with Crippen molar-refractivity contribution in [2.75, 3.05) is 19.8 Å². The second-order valence-electron chi connectivity index (χ2n) is 8.05. The average Bonchev–Trinajstić information content (AvgIpc) is 3.05. The van der Waals surface area contributed by atoms with Gasteiger partial charge < -0.3 is 28.4 Å². The standard InChI is InChI=1S/C18H29IO8/c1-16(2,19)15(21)22-8-7-13(20)25-14(11-9-23-17(3,4)26-11)12-10-24-18(5,6)27-12/h11-12,14H,7-10H2,1-6H3. The third-order valence-corrected chi connectivity index (χ3v) is 4.53. The van der Waals surface area contributed by atoms with Crippen molar-refractivity contribution in [3.8, 4) is 0 Å². The Morgan fingerprint density at radius 1 is 1.07 bits per heavy atom. The second-order valence-corrected chi connectivity index (χ2v) is 10.7. The van der Waals surface area contributed by atoms with Gasteiger partial charge >= 0.3 is 11.9 Å². The van der Waals surface area contributed by atoms with Gasteiger partial charge in [0.15, 0.2) is 17.7 Å². The first-order valence-corrected chi connectivity index (χ1v) is 10.1. The van der Waals surface area contributed by atoms with Crippen LogP contribution in [0.25, 0.3) is 0 Å². The van der Waals surface area contributed by atoms with Gasteiger partial charge in [-0.05, 0) is 41.5 Å². The van der Waals surface area contributed by atoms with Crippen LogP contribution in [0, 0.1) is 0 Å². The van der Waals surface area contributed by atoms with Gasteiger partial charge in [-0.15, -0.1) is 0 Å². The fourth-order valence-corrected chi connectivity index (χ4v) is 2.91. The lowest BCUT2D eigenvalue weighted by molar-refractivity contribution is -0.195. The topological polar surface area (TPSA) is 89.5 Å². The Morgan fingerprint density at radius 3 is 1.93 bits per heavy atom. The van der Waals surface area contributed by atoms with Gasteiger partial charge in [-0.2, -0.15) is 0 Å². The zero-order valence-corrected chi connectivity index (χ0v) is 18.9. The van der Waals surface area contributed by atoms with Crippen LogP contribution < -0.4 is 0 Å². The summed E-state index contributed by atoms with van der Waals surface area (Å²) in [4.78, 5) is 24.1. The molecule has 2 rings (SSSR count). The van der Waals surface area contributed by atoms with Gasteiger partial charge in [-0.3, -0.25) is 9.59 Å². The number of alkyl halides is 1. The molecule has 0 N–H and O–H groups in total. The largest absolute Gasteiger partial charge is 0.464 e. The lowest BCUT2D eigenvalue weighted by Crippen LogP contribution is -2.45. The van der Waals surface area contributed by atoms with Crippen LogP contribution >= 0.6 is 22.6 Å². The lowest BCUT2D eigenvalue weighted by Gasteiger charge is -2.28. The molecule has 0 spiro atoms. The molecule has 0 bridgehead atoms. The molecule has 0 aromatic heterocycles. The molecule has 0 amide bonds. The summed E-state index contributed by atoms with van der Waals surface area (Å²) in [5.41, 5.74) is 0. The van der Waals surface area contributed by atoms with Crippen LogP contribution in [0.15, 0.2) is 0 Å². The first-order valence-electron chi connectivity index (χ1n) is 8.98. The van der Waals surface area contributed by atoms with Crippen molar-refractivity contribution < 1.29 is 38.0 Å². The predicted molar refractivity (Wildman–Crippen MR) is 103 cm³/mol. The molecule has 2 atom stereocenters. The highest BCUT2D eigenvalue weighted by atomic mass is 127. The van der Waals surface area contributed by atoms with E-state index in [4.69, 9.17) is 28.4 Å². The molecule has 156 valence electrons. The number of carbonyl (C=O) groups excluding carboxylic acids is 2. The monoisotopic (exact) mass is 500 g/mol. The van der Waals surface area contributed by atoms with E-state index in [1.54, 1.807) is 41.5 Å². The number of halogens is 1. The zero-order valence-electron chi connectivity index (χ0n) is 16.7. The molecular weight excluding hydrogens is 471 g/mol. The van der Waals surface area contributed by atoms with Crippen molar-refractivity contribution in [2.45, 2.75) is 81.3 Å². The number of esters is 2. The SMILES string of the molecule is CC1(C)OCC(C(OC(=O)CCOC(=O)C(C)(C)I)C2COC(C)(C)O2)O1. The molecule has 0 aromatic rings. The summed E-state index contributed by atoms with van der Waals surface area (Å²) in [6.07, 6.45) is -1.68. The summed E-state index contributed by atoms with van der Waals surface area (Å²) < 4.78 is 33.0. The molecule has 9 heteroatoms. The van der Waals surface area contributed by atoms with Gasteiger partial charge in [0.1, 0.15) is 22.2 Å². The van der Waals surface area contributed by atoms with Crippen LogP contribution in [0.4, 0.5) is 0 Å². The predicted octanol–water partition coefficient (Wildman–Crippen LogP) is 2.35. The van der Waals surface area contributed by atoms with Crippen molar-refractivity contribution in [3.05, 3.63) is 0 Å². The first-order chi connectivity index (χ1) is 12.3. The van der Waals surface area contributed by atoms with Crippen LogP contribution in [0.1, 0.15) is 48.0 Å². The van der Waals surface area contributed by atoms with E-state index in [9.17, 15) is 9.59 Å². The summed E-state index contributed by atoms with van der Waals surface area (Å²) in [5, 5.41) is 0. The Hall–Kier alpha value is -0.490. The minimum atomic E-state index is -0.758. The van der Waals surface area contributed by atoms with Crippen molar-refractivity contribution in [2.24, 2.45) is 0 Å². The molecule has 2 unspecified atom stereocenters. The van der Waals surface area contributed by atoms with Crippen LogP contribution in [0.3, 0.4) is 0 Å². The zero-order chi connectivity index (χ0) is 20.5. The van der Waals surface area contributed by atoms with E-state index < -0.39 is 39.3 Å². The van der Waals surface area contributed by atoms with E-state index in [0.717, 1.165) is 0 Å². The maximum atomic E-state index is 12.3. The Kier molecular flexibility index (Phi) is 7.16. The van der Waals surface area contributed by atoms with E-state index >= 15 is 0 Å². The molecule has 0 radical (unpaired) electrons. The van der Waals surface area contributed by atoms with E-state index in [1.807, 2.05) is 22.6 Å². The minimum absolute atomic E-state index is 0.0438. The summed E-state index contributed by atoms with van der Waals surface area (Å²) in [6, 6.07) is 0. The molecule has 0 aliphatic carbocycles. The second kappa shape index (κ2) is 8.48. The van der Waals surface area contributed by atoms with Crippen LogP contribution in [-0.4, -0.2) is 65.1 Å². The Balaban J connectivity index is 1.94. The maximum Gasteiger partial charge on any atom is 0.321 e. The molecule has 2 saturated heterocycles. The lowest BCUT2D eigenvalue weighted by atomic mass is 10.1. The smallest absolute Gasteiger partial charge is 0.321 e. The quantitative estimate of drug-likeness (QED) is 0.299. The van der Waals surface area contributed by atoms with Crippen LogP contribution in [-0.2, 0) is 38.0 Å². The molecule has 2 heterocycles. The van der Waals surface area contributed by atoms with Gasteiger partial charge in [0.2, 0.25) is 0 Å². The van der Waals surface area contributed by atoms with Crippen LogP contribution in [0.2, 0.25) is 0 Å². The van der Waals surface area contributed by atoms with E-state index in [0.29, 0.717) is 0 Å². The average molecular weight is 500 g/mol. The van der Waals surface area contributed by atoms with Gasteiger partial charge in [0.05, 0.1) is 19.6 Å². The summed E-state index contributed by atoms with van der Waals surface area (Å²) in [6.45, 7) is 11.2. The minimum Gasteiger partial charge on any atom is -0.464 e. The number of rotatable bonds is 7. The van der Waals surface area contributed by atoms with Crippen molar-refractivity contribution >= 4 is 34.5 Å². The number of carbonyl (C=O) groups is 2. The first kappa shape index (κ1) is 22.8. The van der Waals surface area contributed by atoms with Crippen molar-refractivity contribution in [1.82, 2.24) is 0 Å². The van der Waals surface area contributed by atoms with E-state index in [-0.39, 0.29) is 32.2 Å². The fourth-order valence-electron chi connectivity index (χ4n) is 2.76. The Labute approximate surface area is 173 Å². The summed E-state index contributed by atoms with van der Waals surface area (Å²) >= 11 is 1.99. The van der Waals surface area contributed by atoms with Crippen LogP contribution in [0.5, 0.6) is 0 Å². The molecule has 2 aliphatic rings. The number of hydrogen-bond acceptors (Lipinski definition) is 8. The van der Waals surface area contributed by atoms with Gasteiger partial charge in [0.25, 0.3) is 0 Å². The van der Waals surface area contributed by atoms with E-state index in [2.05, 4.69) is 0 Å². The maximum absolute atomic E-state index is 12.3. The molecule has 27 heavy (non-hydrogen) atoms. The highest BCUT2D eigenvalue weighted by Gasteiger charge is 2.47. The molecule has 8 nitrogen and oxygen atoms in total. The molecular formula is C18H29IO8. The van der Waals surface area contributed by atoms with Crippen molar-refractivity contribution in [3.63, 3.8) is 0 Å². The van der Waals surface area contributed by atoms with Gasteiger partial charge in [0, 0.05) is 0 Å². The molecule has 2 aliphatic heterocycles.